The van der Waals surface area contributed by atoms with E-state index < -0.39 is 0 Å². The average Bonchev–Trinajstić information content (AvgIpc) is 2.90. The molecule has 19 heavy (non-hydrogen) atoms. The molecular weight excluding hydrogens is 256 g/mol. The Hall–Kier alpha value is -0.0500. The fraction of sp³-hybridized carbons (Fsp3) is 0.875. The average molecular weight is 283 g/mol. The molecule has 0 bridgehead atoms. The molecule has 0 aromatic heterocycles. The van der Waals surface area contributed by atoms with Gasteiger partial charge in [-0.1, -0.05) is 49.8 Å². The summed E-state index contributed by atoms with van der Waals surface area (Å²) in [5.74, 6) is 0. The zero-order valence-electron chi connectivity index (χ0n) is 12.0. The highest BCUT2D eigenvalue weighted by molar-refractivity contribution is 6.25. The van der Waals surface area contributed by atoms with E-state index >= 15 is 0 Å². The van der Waals surface area contributed by atoms with E-state index in [2.05, 4.69) is 16.3 Å². The zero-order chi connectivity index (χ0) is 13.2. The van der Waals surface area contributed by atoms with E-state index in [1.165, 1.54) is 70.9 Å². The minimum atomic E-state index is 0.419. The second kappa shape index (κ2) is 5.75. The summed E-state index contributed by atoms with van der Waals surface area (Å²) in [6.45, 7) is 3.46. The van der Waals surface area contributed by atoms with Crippen molar-refractivity contribution in [3.63, 3.8) is 0 Å². The first-order valence-electron chi connectivity index (χ1n) is 8.04. The summed E-state index contributed by atoms with van der Waals surface area (Å²) in [5, 5.41) is 3.96. The van der Waals surface area contributed by atoms with Gasteiger partial charge in [-0.25, -0.2) is 0 Å². The van der Waals surface area contributed by atoms with Crippen LogP contribution in [0.2, 0.25) is 0 Å². The van der Waals surface area contributed by atoms with Crippen molar-refractivity contribution in [3.8, 4) is 0 Å². The lowest BCUT2D eigenvalue weighted by Crippen LogP contribution is -2.69. The summed E-state index contributed by atoms with van der Waals surface area (Å²) in [5.41, 5.74) is 2.53. The first-order valence-corrected chi connectivity index (χ1v) is 8.48. The predicted molar refractivity (Wildman–Crippen MR) is 81.6 cm³/mol. The van der Waals surface area contributed by atoms with Crippen LogP contribution in [-0.4, -0.2) is 35.6 Å². The molecule has 0 aromatic carbocycles. The maximum Gasteiger partial charge on any atom is 0.0338 e. The lowest BCUT2D eigenvalue weighted by atomic mass is 9.76. The van der Waals surface area contributed by atoms with Crippen molar-refractivity contribution in [2.45, 2.75) is 68.9 Å². The molecule has 2 aliphatic carbocycles. The molecule has 1 N–H and O–H groups in total. The van der Waals surface area contributed by atoms with E-state index in [1.54, 1.807) is 5.54 Å². The molecule has 0 radical (unpaired) electrons. The van der Waals surface area contributed by atoms with Crippen molar-refractivity contribution in [1.29, 1.82) is 0 Å². The highest BCUT2D eigenvalue weighted by Gasteiger charge is 2.48. The molecule has 1 aliphatic heterocycles. The Morgan fingerprint density at radius 2 is 1.68 bits per heavy atom. The Balaban J connectivity index is 1.76. The fourth-order valence-electron chi connectivity index (χ4n) is 4.57. The predicted octanol–water partition coefficient (Wildman–Crippen LogP) is 3.66. The Kier molecular flexibility index (Phi) is 4.21. The van der Waals surface area contributed by atoms with Crippen LogP contribution in [0.3, 0.4) is 0 Å². The highest BCUT2D eigenvalue weighted by Crippen LogP contribution is 2.41. The lowest BCUT2D eigenvalue weighted by Gasteiger charge is -2.55. The quantitative estimate of drug-likeness (QED) is 0.831. The van der Waals surface area contributed by atoms with Crippen molar-refractivity contribution in [2.75, 3.05) is 19.6 Å². The summed E-state index contributed by atoms with van der Waals surface area (Å²) in [6.07, 6.45) is 14.6. The Bertz CT molecular complexity index is 328. The van der Waals surface area contributed by atoms with Crippen LogP contribution in [0.1, 0.15) is 57.8 Å². The van der Waals surface area contributed by atoms with E-state index in [9.17, 15) is 0 Å². The zero-order valence-corrected chi connectivity index (χ0v) is 12.7. The van der Waals surface area contributed by atoms with Gasteiger partial charge in [-0.2, -0.15) is 0 Å². The minimum Gasteiger partial charge on any atom is -0.308 e. The summed E-state index contributed by atoms with van der Waals surface area (Å²) >= 11 is 5.78. The normalized spacial score (nSPS) is 30.6. The van der Waals surface area contributed by atoms with Gasteiger partial charge in [-0.05, 0) is 25.7 Å². The molecule has 2 spiro atoms. The maximum atomic E-state index is 5.78. The standard InChI is InChI=1S/C16H27ClN2/c17-11-6-12-19-14-15(7-4-5-8-15)18-13-16(19)9-2-1-3-10-16/h6,11,18H,1-5,7-10,12-14H2/b11-6+. The highest BCUT2D eigenvalue weighted by atomic mass is 35.5. The Morgan fingerprint density at radius 1 is 1.00 bits per heavy atom. The van der Waals surface area contributed by atoms with Gasteiger partial charge in [0.2, 0.25) is 0 Å². The first kappa shape index (κ1) is 13.9. The van der Waals surface area contributed by atoms with Gasteiger partial charge in [0.05, 0.1) is 0 Å². The lowest BCUT2D eigenvalue weighted by molar-refractivity contribution is -0.00934. The van der Waals surface area contributed by atoms with Gasteiger partial charge < -0.3 is 5.32 Å². The molecule has 1 heterocycles. The molecule has 0 atom stereocenters. The number of hydrogen-bond acceptors (Lipinski definition) is 2. The van der Waals surface area contributed by atoms with Crippen molar-refractivity contribution in [3.05, 3.63) is 11.6 Å². The fourth-order valence-corrected chi connectivity index (χ4v) is 4.65. The number of nitrogens with one attached hydrogen (secondary N) is 1. The van der Waals surface area contributed by atoms with Crippen molar-refractivity contribution < 1.29 is 0 Å². The molecule has 0 amide bonds. The largest absolute Gasteiger partial charge is 0.308 e. The topological polar surface area (TPSA) is 15.3 Å². The third-order valence-electron chi connectivity index (χ3n) is 5.72. The molecule has 3 heteroatoms. The molecule has 0 aromatic rings. The summed E-state index contributed by atoms with van der Waals surface area (Å²) in [4.78, 5) is 2.76. The van der Waals surface area contributed by atoms with E-state index in [1.807, 2.05) is 0 Å². The monoisotopic (exact) mass is 282 g/mol. The molecule has 3 rings (SSSR count). The van der Waals surface area contributed by atoms with Gasteiger partial charge in [0, 0.05) is 36.2 Å². The van der Waals surface area contributed by atoms with Crippen LogP contribution in [0.5, 0.6) is 0 Å². The smallest absolute Gasteiger partial charge is 0.0338 e. The van der Waals surface area contributed by atoms with Crippen LogP contribution in [-0.2, 0) is 0 Å². The molecule has 0 unspecified atom stereocenters. The van der Waals surface area contributed by atoms with E-state index in [4.69, 9.17) is 11.6 Å². The van der Waals surface area contributed by atoms with Crippen LogP contribution in [0.15, 0.2) is 11.6 Å². The SMILES string of the molecule is Cl/C=C/CN1CC2(CCCC2)NCC12CCCCC2. The number of halogens is 1. The van der Waals surface area contributed by atoms with E-state index in [-0.39, 0.29) is 0 Å². The summed E-state index contributed by atoms with van der Waals surface area (Å²) in [7, 11) is 0. The third-order valence-corrected chi connectivity index (χ3v) is 5.89. The molecule has 3 aliphatic rings. The number of nitrogens with zero attached hydrogens (tertiary/aromatic N) is 1. The summed E-state index contributed by atoms with van der Waals surface area (Å²) < 4.78 is 0. The van der Waals surface area contributed by atoms with Gasteiger partial charge in [0.25, 0.3) is 0 Å². The minimum absolute atomic E-state index is 0.419. The van der Waals surface area contributed by atoms with Crippen LogP contribution < -0.4 is 5.32 Å². The Labute approximate surface area is 122 Å². The van der Waals surface area contributed by atoms with E-state index in [0.717, 1.165) is 6.54 Å². The molecular formula is C16H27ClN2. The van der Waals surface area contributed by atoms with Crippen LogP contribution >= 0.6 is 11.6 Å². The van der Waals surface area contributed by atoms with Crippen molar-refractivity contribution >= 4 is 11.6 Å². The van der Waals surface area contributed by atoms with Crippen molar-refractivity contribution in [1.82, 2.24) is 10.2 Å². The number of piperazine rings is 1. The third kappa shape index (κ3) is 2.72. The van der Waals surface area contributed by atoms with E-state index in [0.29, 0.717) is 11.1 Å². The second-order valence-electron chi connectivity index (χ2n) is 6.87. The molecule has 2 saturated carbocycles. The summed E-state index contributed by atoms with van der Waals surface area (Å²) in [6, 6.07) is 0. The van der Waals surface area contributed by atoms with Gasteiger partial charge in [0.15, 0.2) is 0 Å². The number of hydrogen-bond donors (Lipinski definition) is 1. The molecule has 3 fully saturated rings. The molecule has 2 nitrogen and oxygen atoms in total. The van der Waals surface area contributed by atoms with Crippen molar-refractivity contribution in [2.24, 2.45) is 0 Å². The van der Waals surface area contributed by atoms with Crippen LogP contribution in [0, 0.1) is 0 Å². The van der Waals surface area contributed by atoms with Crippen LogP contribution in [0.4, 0.5) is 0 Å². The van der Waals surface area contributed by atoms with Gasteiger partial charge in [-0.3, -0.25) is 4.90 Å². The second-order valence-corrected chi connectivity index (χ2v) is 7.12. The van der Waals surface area contributed by atoms with Gasteiger partial charge in [0.1, 0.15) is 0 Å². The number of rotatable bonds is 2. The van der Waals surface area contributed by atoms with Gasteiger partial charge >= 0.3 is 0 Å². The first-order chi connectivity index (χ1) is 9.29. The van der Waals surface area contributed by atoms with Gasteiger partial charge in [-0.15, -0.1) is 0 Å². The molecule has 108 valence electrons. The maximum absolute atomic E-state index is 5.78. The Morgan fingerprint density at radius 3 is 2.37 bits per heavy atom. The molecule has 1 saturated heterocycles. The van der Waals surface area contributed by atoms with Crippen LogP contribution in [0.25, 0.3) is 0 Å².